The van der Waals surface area contributed by atoms with Crippen molar-refractivity contribution in [1.82, 2.24) is 0 Å². The summed E-state index contributed by atoms with van der Waals surface area (Å²) in [6.07, 6.45) is 1.10. The Morgan fingerprint density at radius 1 is 1.75 bits per heavy atom. The molecule has 4 heteroatoms. The van der Waals surface area contributed by atoms with Crippen molar-refractivity contribution >= 4 is 23.9 Å². The van der Waals surface area contributed by atoms with Crippen LogP contribution in [-0.2, 0) is 8.37 Å². The number of alkyl halides is 1. The highest BCUT2D eigenvalue weighted by atomic mass is 35.5. The van der Waals surface area contributed by atoms with Crippen LogP contribution in [0.1, 0.15) is 6.42 Å². The van der Waals surface area contributed by atoms with Gasteiger partial charge in [0.25, 0.3) is 0 Å². The van der Waals surface area contributed by atoms with Crippen molar-refractivity contribution in [3.8, 4) is 0 Å². The van der Waals surface area contributed by atoms with Gasteiger partial charge in [-0.2, -0.15) is 0 Å². The topological polar surface area (TPSA) is 18.5 Å². The molecule has 1 heterocycles. The summed E-state index contributed by atoms with van der Waals surface area (Å²) in [7, 11) is 0. The number of hydrogen-bond donors (Lipinski definition) is 0. The van der Waals surface area contributed by atoms with Gasteiger partial charge in [-0.15, -0.1) is 11.6 Å². The van der Waals surface area contributed by atoms with Gasteiger partial charge in [0.05, 0.1) is 6.61 Å². The molecule has 1 rings (SSSR count). The van der Waals surface area contributed by atoms with Gasteiger partial charge >= 0.3 is 0 Å². The van der Waals surface area contributed by atoms with Crippen LogP contribution in [0.5, 0.6) is 0 Å². The molecule has 1 fully saturated rings. The van der Waals surface area contributed by atoms with Crippen LogP contribution >= 0.6 is 23.9 Å². The Hall–Kier alpha value is 0.560. The van der Waals surface area contributed by atoms with Crippen molar-refractivity contribution in [1.29, 1.82) is 0 Å². The molecule has 0 N–H and O–H groups in total. The van der Waals surface area contributed by atoms with Crippen molar-refractivity contribution in [3.63, 3.8) is 0 Å². The maximum Gasteiger partial charge on any atom is 0.159 e. The highest BCUT2D eigenvalue weighted by Crippen LogP contribution is 2.20. The van der Waals surface area contributed by atoms with Crippen LogP contribution in [0.3, 0.4) is 0 Å². The second kappa shape index (κ2) is 3.56. The first-order valence-electron chi connectivity index (χ1n) is 2.44. The van der Waals surface area contributed by atoms with Gasteiger partial charge in [0.15, 0.2) is 12.3 Å². The van der Waals surface area contributed by atoms with E-state index in [2.05, 4.69) is 0 Å². The lowest BCUT2D eigenvalue weighted by molar-refractivity contribution is 0.238. The minimum atomic E-state index is 0.220. The van der Waals surface area contributed by atoms with Crippen molar-refractivity contribution in [2.45, 2.75) is 12.5 Å². The van der Waals surface area contributed by atoms with Crippen molar-refractivity contribution in [2.75, 3.05) is 12.5 Å². The lowest BCUT2D eigenvalue weighted by Crippen LogP contribution is -2.08. The minimum absolute atomic E-state index is 0.220. The SMILES string of the molecule is ClCC[C@H]1COSO1. The van der Waals surface area contributed by atoms with Gasteiger partial charge in [-0.05, 0) is 6.42 Å². The van der Waals surface area contributed by atoms with Crippen molar-refractivity contribution < 1.29 is 8.37 Å². The molecular formula is C4H7ClO2S. The molecule has 48 valence electrons. The smallest absolute Gasteiger partial charge is 0.159 e. The third-order valence-corrected chi connectivity index (χ3v) is 1.71. The fourth-order valence-corrected chi connectivity index (χ4v) is 1.24. The summed E-state index contributed by atoms with van der Waals surface area (Å²) in [6, 6.07) is 0. The molecule has 0 unspecified atom stereocenters. The van der Waals surface area contributed by atoms with Gasteiger partial charge in [-0.1, -0.05) is 0 Å². The first-order chi connectivity index (χ1) is 3.93. The fraction of sp³-hybridized carbons (Fsp3) is 1.00. The Morgan fingerprint density at radius 3 is 3.12 bits per heavy atom. The molecule has 1 aliphatic heterocycles. The molecule has 0 aliphatic carbocycles. The van der Waals surface area contributed by atoms with Crippen LogP contribution in [0.25, 0.3) is 0 Å². The molecule has 0 amide bonds. The van der Waals surface area contributed by atoms with Gasteiger partial charge in [-0.25, -0.2) is 0 Å². The predicted molar refractivity (Wildman–Crippen MR) is 33.8 cm³/mol. The minimum Gasteiger partial charge on any atom is -0.289 e. The molecule has 1 saturated heterocycles. The second-order valence-electron chi connectivity index (χ2n) is 1.55. The Balaban J connectivity index is 2.06. The van der Waals surface area contributed by atoms with Crippen molar-refractivity contribution in [3.05, 3.63) is 0 Å². The van der Waals surface area contributed by atoms with Crippen LogP contribution in [0.4, 0.5) is 0 Å². The summed E-state index contributed by atoms with van der Waals surface area (Å²) in [5.74, 6) is 0.647. The summed E-state index contributed by atoms with van der Waals surface area (Å²) in [5.41, 5.74) is 0. The van der Waals surface area contributed by atoms with Crippen LogP contribution < -0.4 is 0 Å². The van der Waals surface area contributed by atoms with E-state index in [9.17, 15) is 0 Å². The zero-order chi connectivity index (χ0) is 5.82. The number of halogens is 1. The maximum absolute atomic E-state index is 5.44. The first kappa shape index (κ1) is 6.68. The lowest BCUT2D eigenvalue weighted by atomic mass is 10.3. The van der Waals surface area contributed by atoms with Crippen molar-refractivity contribution in [2.24, 2.45) is 0 Å². The van der Waals surface area contributed by atoms with Gasteiger partial charge in [0.1, 0.15) is 6.10 Å². The van der Waals surface area contributed by atoms with E-state index in [-0.39, 0.29) is 6.10 Å². The Labute approximate surface area is 57.9 Å². The Bertz CT molecular complexity index is 65.1. The van der Waals surface area contributed by atoms with Gasteiger partial charge in [0, 0.05) is 5.88 Å². The monoisotopic (exact) mass is 154 g/mol. The normalized spacial score (nSPS) is 28.9. The lowest BCUT2D eigenvalue weighted by Gasteiger charge is -1.98. The van der Waals surface area contributed by atoms with E-state index in [0.717, 1.165) is 18.7 Å². The average Bonchev–Trinajstić information content (AvgIpc) is 2.19. The molecule has 0 bridgehead atoms. The molecule has 0 spiro atoms. The molecule has 2 nitrogen and oxygen atoms in total. The van der Waals surface area contributed by atoms with Crippen LogP contribution in [-0.4, -0.2) is 18.6 Å². The largest absolute Gasteiger partial charge is 0.289 e. The molecule has 0 aromatic rings. The first-order valence-corrected chi connectivity index (χ1v) is 3.64. The third kappa shape index (κ3) is 1.82. The zero-order valence-electron chi connectivity index (χ0n) is 4.30. The Morgan fingerprint density at radius 2 is 2.62 bits per heavy atom. The summed E-state index contributed by atoms with van der Waals surface area (Å²) in [4.78, 5) is 0. The zero-order valence-corrected chi connectivity index (χ0v) is 5.87. The highest BCUT2D eigenvalue weighted by molar-refractivity contribution is 7.90. The second-order valence-corrected chi connectivity index (χ2v) is 2.49. The number of hydrogen-bond acceptors (Lipinski definition) is 3. The summed E-state index contributed by atoms with van der Waals surface area (Å²) in [6.45, 7) is 0.678. The quantitative estimate of drug-likeness (QED) is 0.445. The van der Waals surface area contributed by atoms with E-state index in [1.165, 1.54) is 0 Å². The van der Waals surface area contributed by atoms with E-state index in [1.807, 2.05) is 0 Å². The Kier molecular flexibility index (Phi) is 2.97. The molecule has 0 aromatic carbocycles. The fourth-order valence-electron chi connectivity index (χ4n) is 0.468. The molecule has 8 heavy (non-hydrogen) atoms. The van der Waals surface area contributed by atoms with Gasteiger partial charge in [-0.3, -0.25) is 8.37 Å². The van der Waals surface area contributed by atoms with E-state index in [0.29, 0.717) is 12.5 Å². The molecular weight excluding hydrogens is 148 g/mol. The molecule has 0 aromatic heterocycles. The summed E-state index contributed by atoms with van der Waals surface area (Å²) in [5, 5.41) is 0. The van der Waals surface area contributed by atoms with Gasteiger partial charge in [0.2, 0.25) is 0 Å². The molecule has 0 saturated carbocycles. The summed E-state index contributed by atoms with van der Waals surface area (Å²) < 4.78 is 9.85. The van der Waals surface area contributed by atoms with E-state index in [1.54, 1.807) is 0 Å². The van der Waals surface area contributed by atoms with Crippen LogP contribution in [0.15, 0.2) is 0 Å². The van der Waals surface area contributed by atoms with Crippen LogP contribution in [0.2, 0.25) is 0 Å². The molecule has 1 aliphatic rings. The van der Waals surface area contributed by atoms with E-state index >= 15 is 0 Å². The van der Waals surface area contributed by atoms with E-state index < -0.39 is 0 Å². The molecule has 0 radical (unpaired) electrons. The average molecular weight is 155 g/mol. The predicted octanol–water partition coefficient (Wildman–Crippen LogP) is 1.59. The molecule has 1 atom stereocenters. The highest BCUT2D eigenvalue weighted by Gasteiger charge is 2.16. The standard InChI is InChI=1S/C4H7ClO2S/c5-2-1-4-3-6-8-7-4/h4H,1-3H2/t4-/m0/s1. The van der Waals surface area contributed by atoms with E-state index in [4.69, 9.17) is 20.0 Å². The summed E-state index contributed by atoms with van der Waals surface area (Å²) >= 11 is 6.50. The third-order valence-electron chi connectivity index (χ3n) is 0.908. The van der Waals surface area contributed by atoms with Gasteiger partial charge < -0.3 is 0 Å². The maximum atomic E-state index is 5.44. The number of rotatable bonds is 2. The van der Waals surface area contributed by atoms with Crippen LogP contribution in [0, 0.1) is 0 Å².